The van der Waals surface area contributed by atoms with Gasteiger partial charge in [-0.15, -0.1) is 20.4 Å². The number of nitrogens with two attached hydrogens (primary N) is 2. The Hall–Kier alpha value is -6.23. The second-order valence-electron chi connectivity index (χ2n) is 16.0. The number of primary amides is 2. The molecule has 17 nitrogen and oxygen atoms in total. The lowest BCUT2D eigenvalue weighted by Crippen LogP contribution is -2.48. The lowest BCUT2D eigenvalue weighted by atomic mass is 9.79. The largest absolute Gasteiger partial charge is 0.383 e. The van der Waals surface area contributed by atoms with Crippen molar-refractivity contribution < 1.29 is 14.4 Å². The molecule has 59 heavy (non-hydrogen) atoms. The van der Waals surface area contributed by atoms with E-state index in [1.165, 1.54) is 5.69 Å². The van der Waals surface area contributed by atoms with Crippen LogP contribution in [0.1, 0.15) is 66.4 Å². The second kappa shape index (κ2) is 17.7. The Labute approximate surface area is 344 Å². The van der Waals surface area contributed by atoms with Crippen molar-refractivity contribution in [2.75, 3.05) is 89.6 Å². The molecule has 3 amide bonds. The van der Waals surface area contributed by atoms with Gasteiger partial charge in [0.1, 0.15) is 0 Å². The topological polar surface area (TPSA) is 216 Å². The van der Waals surface area contributed by atoms with Crippen LogP contribution in [0.25, 0.3) is 0 Å². The number of nitrogens with zero attached hydrogens (tertiary/aromatic N) is 8. The summed E-state index contributed by atoms with van der Waals surface area (Å²) in [5.74, 6) is 0.202. The number of rotatable bonds is 14. The first-order chi connectivity index (χ1) is 28.7. The van der Waals surface area contributed by atoms with E-state index >= 15 is 0 Å². The summed E-state index contributed by atoms with van der Waals surface area (Å²) >= 11 is 0. The summed E-state index contributed by atoms with van der Waals surface area (Å²) in [4.78, 5) is 45.5. The Morgan fingerprint density at radius 2 is 1.37 bits per heavy atom. The zero-order chi connectivity index (χ0) is 40.9. The van der Waals surface area contributed by atoms with Gasteiger partial charge in [0.05, 0.1) is 11.4 Å². The zero-order valence-electron chi connectivity index (χ0n) is 33.6. The molecule has 8 rings (SSSR count). The van der Waals surface area contributed by atoms with Gasteiger partial charge in [-0.05, 0) is 80.1 Å². The van der Waals surface area contributed by atoms with Crippen LogP contribution in [-0.4, -0.2) is 114 Å². The molecule has 2 saturated heterocycles. The van der Waals surface area contributed by atoms with Crippen LogP contribution < -0.4 is 47.4 Å². The number of benzene rings is 2. The Balaban J connectivity index is 0.975. The predicted molar refractivity (Wildman–Crippen MR) is 230 cm³/mol. The van der Waals surface area contributed by atoms with Gasteiger partial charge in [-0.3, -0.25) is 14.4 Å². The molecule has 0 atom stereocenters. The smallest absolute Gasteiger partial charge is 0.271 e. The number of anilines is 8. The van der Waals surface area contributed by atoms with E-state index in [0.29, 0.717) is 42.6 Å². The van der Waals surface area contributed by atoms with Crippen LogP contribution in [0.2, 0.25) is 0 Å². The number of nitrogens with one attached hydrogen (secondary N) is 4. The maximum absolute atomic E-state index is 12.5. The molecule has 2 aliphatic heterocycles. The lowest BCUT2D eigenvalue weighted by Gasteiger charge is -2.44. The van der Waals surface area contributed by atoms with Gasteiger partial charge < -0.3 is 52.3 Å². The van der Waals surface area contributed by atoms with E-state index in [0.717, 1.165) is 94.9 Å². The van der Waals surface area contributed by atoms with Gasteiger partial charge in [0.15, 0.2) is 23.0 Å². The van der Waals surface area contributed by atoms with Crippen molar-refractivity contribution in [2.45, 2.75) is 57.5 Å². The highest BCUT2D eigenvalue weighted by molar-refractivity contribution is 5.97. The molecule has 0 bridgehead atoms. The summed E-state index contributed by atoms with van der Waals surface area (Å²) in [6.07, 6.45) is 5.95. The van der Waals surface area contributed by atoms with Crippen molar-refractivity contribution in [3.63, 3.8) is 0 Å². The first-order valence-corrected chi connectivity index (χ1v) is 20.8. The molecule has 2 aromatic carbocycles. The van der Waals surface area contributed by atoms with E-state index in [-0.39, 0.29) is 35.3 Å². The highest BCUT2D eigenvalue weighted by Gasteiger charge is 2.36. The highest BCUT2D eigenvalue weighted by Crippen LogP contribution is 2.41. The average molecular weight is 803 g/mol. The number of aromatic nitrogens is 4. The van der Waals surface area contributed by atoms with Crippen LogP contribution in [0.4, 0.5) is 45.8 Å². The molecule has 4 aliphatic rings. The highest BCUT2D eigenvalue weighted by atomic mass is 16.2. The maximum Gasteiger partial charge on any atom is 0.271 e. The van der Waals surface area contributed by atoms with Gasteiger partial charge in [-0.1, -0.05) is 12.8 Å². The fourth-order valence-corrected chi connectivity index (χ4v) is 8.64. The Kier molecular flexibility index (Phi) is 11.9. The van der Waals surface area contributed by atoms with E-state index in [1.54, 1.807) is 13.0 Å². The van der Waals surface area contributed by atoms with Crippen LogP contribution >= 0.6 is 0 Å². The number of carbonyl (C=O) groups excluding carboxylic acids is 3. The molecule has 4 aromatic rings. The minimum Gasteiger partial charge on any atom is -0.383 e. The molecule has 310 valence electrons. The van der Waals surface area contributed by atoms with Gasteiger partial charge in [0.2, 0.25) is 5.91 Å². The number of amides is 3. The third-order valence-electron chi connectivity index (χ3n) is 12.0. The molecule has 17 heteroatoms. The monoisotopic (exact) mass is 802 g/mol. The molecule has 0 unspecified atom stereocenters. The van der Waals surface area contributed by atoms with Gasteiger partial charge in [0, 0.05) is 113 Å². The van der Waals surface area contributed by atoms with E-state index in [2.05, 4.69) is 92.8 Å². The third kappa shape index (κ3) is 9.25. The van der Waals surface area contributed by atoms with Gasteiger partial charge in [0.25, 0.3) is 11.8 Å². The van der Waals surface area contributed by atoms with Crippen molar-refractivity contribution in [2.24, 2.45) is 17.4 Å². The first kappa shape index (κ1) is 39.6. The average Bonchev–Trinajstić information content (AvgIpc) is 3.75. The summed E-state index contributed by atoms with van der Waals surface area (Å²) in [5.41, 5.74) is 16.9. The Bertz CT molecular complexity index is 2110. The van der Waals surface area contributed by atoms with Crippen molar-refractivity contribution in [1.29, 1.82) is 0 Å². The normalized spacial score (nSPS) is 19.5. The summed E-state index contributed by atoms with van der Waals surface area (Å²) in [6, 6.07) is 20.6. The van der Waals surface area contributed by atoms with Crippen LogP contribution in [-0.2, 0) is 4.79 Å². The van der Waals surface area contributed by atoms with E-state index in [9.17, 15) is 14.4 Å². The number of hydrogen-bond donors (Lipinski definition) is 6. The van der Waals surface area contributed by atoms with Crippen molar-refractivity contribution in [3.8, 4) is 0 Å². The third-order valence-corrected chi connectivity index (χ3v) is 12.0. The summed E-state index contributed by atoms with van der Waals surface area (Å²) in [6.45, 7) is 8.99. The predicted octanol–water partition coefficient (Wildman–Crippen LogP) is 3.67. The molecule has 2 aromatic heterocycles. The summed E-state index contributed by atoms with van der Waals surface area (Å²) in [7, 11) is 0. The van der Waals surface area contributed by atoms with Crippen molar-refractivity contribution >= 4 is 63.5 Å². The van der Waals surface area contributed by atoms with Gasteiger partial charge in [-0.2, -0.15) is 0 Å². The fraction of sp³-hybridized carbons (Fsp3) is 0.452. The molecular formula is C42H54N14O3. The number of carbonyl (C=O) groups is 3. The van der Waals surface area contributed by atoms with E-state index in [1.807, 2.05) is 23.1 Å². The summed E-state index contributed by atoms with van der Waals surface area (Å²) in [5, 5.41) is 31.0. The van der Waals surface area contributed by atoms with Crippen LogP contribution in [0.15, 0.2) is 60.7 Å². The van der Waals surface area contributed by atoms with E-state index < -0.39 is 11.8 Å². The number of hydrogen-bond acceptors (Lipinski definition) is 14. The van der Waals surface area contributed by atoms with Gasteiger partial charge in [-0.25, -0.2) is 0 Å². The number of piperazine rings is 2. The zero-order valence-corrected chi connectivity index (χ0v) is 33.6. The minimum absolute atomic E-state index is 0.0763. The molecule has 0 spiro atoms. The van der Waals surface area contributed by atoms with Crippen molar-refractivity contribution in [3.05, 3.63) is 72.1 Å². The van der Waals surface area contributed by atoms with E-state index in [4.69, 9.17) is 11.5 Å². The van der Waals surface area contributed by atoms with Crippen LogP contribution in [0.5, 0.6) is 0 Å². The first-order valence-electron chi connectivity index (χ1n) is 20.8. The summed E-state index contributed by atoms with van der Waals surface area (Å²) < 4.78 is 0. The SMILES string of the molecule is CC(=O)N1CCN(c2ccc(N(c3cc(NC4CCCC4)c(C(N)=O)nn3)C3CC(CNc4cc(Nc5ccc(N6CCNCC6)cc5)nnc4C(N)=O)C3)cc2)CC1. The van der Waals surface area contributed by atoms with Crippen LogP contribution in [0, 0.1) is 5.92 Å². The molecule has 2 saturated carbocycles. The lowest BCUT2D eigenvalue weighted by molar-refractivity contribution is -0.129. The van der Waals surface area contributed by atoms with Crippen LogP contribution in [0.3, 0.4) is 0 Å². The molecule has 2 aliphatic carbocycles. The maximum atomic E-state index is 12.5. The molecule has 4 heterocycles. The fourth-order valence-electron chi connectivity index (χ4n) is 8.64. The minimum atomic E-state index is -0.659. The molecular weight excluding hydrogens is 749 g/mol. The quantitative estimate of drug-likeness (QED) is 0.107. The second-order valence-corrected chi connectivity index (χ2v) is 16.0. The standard InChI is InChI=1S/C42H54N14O3/c1-27(57)53-18-20-55(21-19-53)32-10-12-33(13-11-32)56(38-25-36(40(42(44)59)52-50-38)47-29-4-2-3-5-29)34-22-28(23-34)26-46-35-24-37(49-51-39(35)41(43)58)48-30-6-8-31(9-7-30)54-16-14-45-15-17-54/h6-13,24-25,28-29,34,45H,2-5,14-23,26H2,1H3,(H2,43,58)(H2,44,59)(H,47,50)(H2,46,48,49). The molecule has 0 radical (unpaired) electrons. The Morgan fingerprint density at radius 1 is 0.763 bits per heavy atom. The Morgan fingerprint density at radius 3 is 2.02 bits per heavy atom. The van der Waals surface area contributed by atoms with Crippen molar-refractivity contribution in [1.82, 2.24) is 30.6 Å². The van der Waals surface area contributed by atoms with Gasteiger partial charge >= 0.3 is 0 Å². The molecule has 8 N–H and O–H groups in total. The molecule has 4 fully saturated rings.